The van der Waals surface area contributed by atoms with E-state index in [4.69, 9.17) is 17.3 Å². The molecule has 0 aliphatic carbocycles. The molecule has 0 spiro atoms. The van der Waals surface area contributed by atoms with Gasteiger partial charge in [-0.1, -0.05) is 41.9 Å². The standard InChI is InChI=1S/C13H13ClN2O3S/c14-12-7-6-11(15)8-13(12)16(20(17,18)19)9-10-4-2-1-3-5-10/h1-8H,9,15H2,(H,17,18,19). The Labute approximate surface area is 122 Å². The minimum absolute atomic E-state index is 0.0388. The van der Waals surface area contributed by atoms with Crippen LogP contribution in [0.3, 0.4) is 0 Å². The van der Waals surface area contributed by atoms with E-state index in [0.29, 0.717) is 11.3 Å². The molecule has 7 heteroatoms. The molecule has 0 aliphatic heterocycles. The topological polar surface area (TPSA) is 83.6 Å². The highest BCUT2D eigenvalue weighted by Gasteiger charge is 2.22. The second-order valence-corrected chi connectivity index (χ2v) is 5.92. The van der Waals surface area contributed by atoms with Gasteiger partial charge in [0.2, 0.25) is 0 Å². The summed E-state index contributed by atoms with van der Waals surface area (Å²) < 4.78 is 33.4. The molecule has 2 aromatic carbocycles. The smallest absolute Gasteiger partial charge is 0.360 e. The highest BCUT2D eigenvalue weighted by molar-refractivity contribution is 7.87. The molecule has 2 rings (SSSR count). The van der Waals surface area contributed by atoms with E-state index in [2.05, 4.69) is 0 Å². The zero-order chi connectivity index (χ0) is 14.8. The van der Waals surface area contributed by atoms with Crippen molar-refractivity contribution in [2.75, 3.05) is 10.0 Å². The van der Waals surface area contributed by atoms with Crippen LogP contribution in [0.25, 0.3) is 0 Å². The van der Waals surface area contributed by atoms with Gasteiger partial charge in [0.25, 0.3) is 0 Å². The number of benzene rings is 2. The normalized spacial score (nSPS) is 11.3. The lowest BCUT2D eigenvalue weighted by atomic mass is 10.2. The van der Waals surface area contributed by atoms with E-state index in [1.165, 1.54) is 12.1 Å². The Hall–Kier alpha value is -1.76. The van der Waals surface area contributed by atoms with Crippen molar-refractivity contribution < 1.29 is 13.0 Å². The third kappa shape index (κ3) is 3.41. The van der Waals surface area contributed by atoms with Gasteiger partial charge < -0.3 is 5.73 Å². The fraction of sp³-hybridized carbons (Fsp3) is 0.0769. The van der Waals surface area contributed by atoms with Crippen LogP contribution >= 0.6 is 11.6 Å². The van der Waals surface area contributed by atoms with Gasteiger partial charge in [-0.3, -0.25) is 4.55 Å². The van der Waals surface area contributed by atoms with Gasteiger partial charge in [-0.15, -0.1) is 0 Å². The number of hydrogen-bond acceptors (Lipinski definition) is 3. The van der Waals surface area contributed by atoms with Crippen LogP contribution in [0.1, 0.15) is 5.56 Å². The van der Waals surface area contributed by atoms with Gasteiger partial charge in [0.05, 0.1) is 17.3 Å². The first-order valence-corrected chi connectivity index (χ1v) is 7.49. The van der Waals surface area contributed by atoms with Crippen LogP contribution in [0.5, 0.6) is 0 Å². The number of rotatable bonds is 4. The average molecular weight is 313 g/mol. The first-order chi connectivity index (χ1) is 9.38. The fourth-order valence-electron chi connectivity index (χ4n) is 1.76. The van der Waals surface area contributed by atoms with Gasteiger partial charge in [0.1, 0.15) is 0 Å². The van der Waals surface area contributed by atoms with Crippen LogP contribution in [0, 0.1) is 0 Å². The van der Waals surface area contributed by atoms with Crippen molar-refractivity contribution in [2.45, 2.75) is 6.54 Å². The number of nitrogen functional groups attached to an aromatic ring is 1. The van der Waals surface area contributed by atoms with Crippen molar-refractivity contribution >= 4 is 33.3 Å². The third-order valence-electron chi connectivity index (χ3n) is 2.69. The van der Waals surface area contributed by atoms with Gasteiger partial charge in [-0.25, -0.2) is 4.31 Å². The summed E-state index contributed by atoms with van der Waals surface area (Å²) in [6.45, 7) is -0.0388. The van der Waals surface area contributed by atoms with Crippen molar-refractivity contribution in [3.05, 3.63) is 59.1 Å². The average Bonchev–Trinajstić information content (AvgIpc) is 2.39. The van der Waals surface area contributed by atoms with E-state index < -0.39 is 10.3 Å². The summed E-state index contributed by atoms with van der Waals surface area (Å²) in [4.78, 5) is 0. The van der Waals surface area contributed by atoms with Crippen LogP contribution in [0.15, 0.2) is 48.5 Å². The predicted octanol–water partition coefficient (Wildman–Crippen LogP) is 2.73. The molecule has 5 nitrogen and oxygen atoms in total. The van der Waals surface area contributed by atoms with E-state index in [1.54, 1.807) is 30.3 Å². The Balaban J connectivity index is 2.46. The summed E-state index contributed by atoms with van der Waals surface area (Å²) in [5.74, 6) is 0. The number of nitrogens with two attached hydrogens (primary N) is 1. The predicted molar refractivity (Wildman–Crippen MR) is 80.0 cm³/mol. The van der Waals surface area contributed by atoms with Crippen molar-refractivity contribution in [1.82, 2.24) is 0 Å². The number of nitrogens with zero attached hydrogens (tertiary/aromatic N) is 1. The molecule has 0 bridgehead atoms. The molecule has 0 fully saturated rings. The first kappa shape index (κ1) is 14.6. The van der Waals surface area contributed by atoms with Crippen LogP contribution in [0.4, 0.5) is 11.4 Å². The molecule has 0 aromatic heterocycles. The number of halogens is 1. The maximum atomic E-state index is 11.6. The van der Waals surface area contributed by atoms with Crippen molar-refractivity contribution in [3.63, 3.8) is 0 Å². The molecule has 0 radical (unpaired) electrons. The monoisotopic (exact) mass is 312 g/mol. The van der Waals surface area contributed by atoms with Crippen molar-refractivity contribution in [3.8, 4) is 0 Å². The first-order valence-electron chi connectivity index (χ1n) is 5.72. The van der Waals surface area contributed by atoms with E-state index >= 15 is 0 Å². The molecule has 0 saturated carbocycles. The molecule has 0 saturated heterocycles. The minimum Gasteiger partial charge on any atom is -0.399 e. The van der Waals surface area contributed by atoms with Crippen LogP contribution < -0.4 is 10.0 Å². The molecule has 0 aliphatic rings. The molecular weight excluding hydrogens is 300 g/mol. The molecule has 3 N–H and O–H groups in total. The molecule has 0 heterocycles. The minimum atomic E-state index is -4.46. The quantitative estimate of drug-likeness (QED) is 0.671. The van der Waals surface area contributed by atoms with Crippen LogP contribution in [-0.2, 0) is 16.8 Å². The lowest BCUT2D eigenvalue weighted by Gasteiger charge is -2.22. The second kappa shape index (κ2) is 5.70. The maximum Gasteiger partial charge on any atom is 0.360 e. The van der Waals surface area contributed by atoms with Gasteiger partial charge in [0.15, 0.2) is 0 Å². The Morgan fingerprint density at radius 1 is 1.15 bits per heavy atom. The molecule has 0 atom stereocenters. The van der Waals surface area contributed by atoms with Crippen LogP contribution in [0.2, 0.25) is 5.02 Å². The summed E-state index contributed by atoms with van der Waals surface area (Å²) in [6, 6.07) is 13.3. The summed E-state index contributed by atoms with van der Waals surface area (Å²) in [7, 11) is -4.46. The fourth-order valence-corrected chi connectivity index (χ4v) is 2.74. The summed E-state index contributed by atoms with van der Waals surface area (Å²) in [5, 5.41) is 0.188. The molecule has 0 amide bonds. The van der Waals surface area contributed by atoms with Crippen LogP contribution in [-0.4, -0.2) is 13.0 Å². The van der Waals surface area contributed by atoms with Crippen molar-refractivity contribution in [1.29, 1.82) is 0 Å². The molecule has 2 aromatic rings. The SMILES string of the molecule is Nc1ccc(Cl)c(N(Cc2ccccc2)S(=O)(=O)O)c1. The largest absolute Gasteiger partial charge is 0.399 e. The van der Waals surface area contributed by atoms with Gasteiger partial charge >= 0.3 is 10.3 Å². The third-order valence-corrected chi connectivity index (χ3v) is 3.89. The van der Waals surface area contributed by atoms with E-state index in [-0.39, 0.29) is 17.3 Å². The summed E-state index contributed by atoms with van der Waals surface area (Å²) >= 11 is 5.99. The zero-order valence-electron chi connectivity index (χ0n) is 10.4. The molecular formula is C13H13ClN2O3S. The zero-order valence-corrected chi connectivity index (χ0v) is 12.0. The second-order valence-electron chi connectivity index (χ2n) is 4.18. The molecule has 0 unspecified atom stereocenters. The highest BCUT2D eigenvalue weighted by Crippen LogP contribution is 2.30. The highest BCUT2D eigenvalue weighted by atomic mass is 35.5. The van der Waals surface area contributed by atoms with E-state index in [9.17, 15) is 13.0 Å². The van der Waals surface area contributed by atoms with E-state index in [1.807, 2.05) is 6.07 Å². The Morgan fingerprint density at radius 2 is 1.80 bits per heavy atom. The maximum absolute atomic E-state index is 11.6. The van der Waals surface area contributed by atoms with Gasteiger partial charge in [-0.05, 0) is 23.8 Å². The van der Waals surface area contributed by atoms with Gasteiger partial charge in [0, 0.05) is 5.69 Å². The summed E-state index contributed by atoms with van der Waals surface area (Å²) in [5.41, 5.74) is 6.84. The Bertz CT molecular complexity index is 705. The lowest BCUT2D eigenvalue weighted by Crippen LogP contribution is -2.30. The molecule has 20 heavy (non-hydrogen) atoms. The number of anilines is 2. The number of hydrogen-bond donors (Lipinski definition) is 2. The van der Waals surface area contributed by atoms with Gasteiger partial charge in [-0.2, -0.15) is 8.42 Å². The Morgan fingerprint density at radius 3 is 2.40 bits per heavy atom. The summed E-state index contributed by atoms with van der Waals surface area (Å²) in [6.07, 6.45) is 0. The lowest BCUT2D eigenvalue weighted by molar-refractivity contribution is 0.477. The van der Waals surface area contributed by atoms with E-state index in [0.717, 1.165) is 4.31 Å². The Kier molecular flexibility index (Phi) is 4.17. The van der Waals surface area contributed by atoms with Crippen molar-refractivity contribution in [2.24, 2.45) is 0 Å². The molecule has 106 valence electrons.